The molecule has 0 aromatic heterocycles. The molecule has 0 spiro atoms. The van der Waals surface area contributed by atoms with Gasteiger partial charge in [-0.1, -0.05) is 11.6 Å². The molecule has 0 saturated carbocycles. The molecular weight excluding hydrogens is 220 g/mol. The zero-order chi connectivity index (χ0) is 11.4. The Kier molecular flexibility index (Phi) is 3.88. The van der Waals surface area contributed by atoms with Crippen molar-refractivity contribution in [2.45, 2.75) is 13.0 Å². The molecule has 15 heavy (non-hydrogen) atoms. The van der Waals surface area contributed by atoms with Crippen LogP contribution in [0.3, 0.4) is 0 Å². The molecule has 82 valence electrons. The molecule has 2 N–H and O–H groups in total. The van der Waals surface area contributed by atoms with E-state index in [-0.39, 0.29) is 16.8 Å². The van der Waals surface area contributed by atoms with Crippen molar-refractivity contribution < 1.29 is 9.66 Å². The molecule has 0 heterocycles. The molecule has 0 bridgehead atoms. The van der Waals surface area contributed by atoms with Crippen molar-refractivity contribution in [2.75, 3.05) is 6.61 Å². The Hall–Kier alpha value is -1.33. The second-order valence-electron chi connectivity index (χ2n) is 3.16. The molecule has 1 unspecified atom stereocenters. The number of ether oxygens (including phenoxy) is 1. The Morgan fingerprint density at radius 1 is 1.67 bits per heavy atom. The molecule has 0 aliphatic rings. The lowest BCUT2D eigenvalue weighted by Gasteiger charge is -2.08. The smallest absolute Gasteiger partial charge is 0.288 e. The second-order valence-corrected chi connectivity index (χ2v) is 3.57. The van der Waals surface area contributed by atoms with Gasteiger partial charge in [-0.3, -0.25) is 10.1 Å². The van der Waals surface area contributed by atoms with E-state index in [0.717, 1.165) is 0 Å². The first-order valence-corrected chi connectivity index (χ1v) is 4.71. The second kappa shape index (κ2) is 4.95. The minimum atomic E-state index is -0.544. The maximum atomic E-state index is 10.5. The van der Waals surface area contributed by atoms with Crippen molar-refractivity contribution in [1.29, 1.82) is 0 Å². The summed E-state index contributed by atoms with van der Waals surface area (Å²) < 4.78 is 5.25. The molecule has 0 saturated heterocycles. The molecule has 0 amide bonds. The van der Waals surface area contributed by atoms with E-state index in [0.29, 0.717) is 12.4 Å². The van der Waals surface area contributed by atoms with Crippen LogP contribution < -0.4 is 10.5 Å². The van der Waals surface area contributed by atoms with Crippen LogP contribution in [-0.2, 0) is 0 Å². The summed E-state index contributed by atoms with van der Waals surface area (Å²) in [5.41, 5.74) is 5.36. The van der Waals surface area contributed by atoms with Gasteiger partial charge in [0, 0.05) is 18.2 Å². The lowest BCUT2D eigenvalue weighted by Crippen LogP contribution is -2.23. The fourth-order valence-corrected chi connectivity index (χ4v) is 1.19. The van der Waals surface area contributed by atoms with Crippen molar-refractivity contribution in [3.8, 4) is 5.75 Å². The average Bonchev–Trinajstić information content (AvgIpc) is 2.14. The van der Waals surface area contributed by atoms with Crippen LogP contribution in [0, 0.1) is 10.1 Å². The first kappa shape index (κ1) is 11.7. The van der Waals surface area contributed by atoms with E-state index in [1.807, 2.05) is 0 Å². The van der Waals surface area contributed by atoms with Gasteiger partial charge in [-0.25, -0.2) is 0 Å². The highest BCUT2D eigenvalue weighted by Gasteiger charge is 2.12. The Morgan fingerprint density at radius 2 is 2.33 bits per heavy atom. The molecule has 0 radical (unpaired) electrons. The van der Waals surface area contributed by atoms with E-state index in [2.05, 4.69) is 0 Å². The van der Waals surface area contributed by atoms with Gasteiger partial charge in [0.25, 0.3) is 5.69 Å². The quantitative estimate of drug-likeness (QED) is 0.634. The third kappa shape index (κ3) is 3.38. The first-order valence-electron chi connectivity index (χ1n) is 4.33. The van der Waals surface area contributed by atoms with Crippen molar-refractivity contribution in [3.05, 3.63) is 33.3 Å². The fourth-order valence-electron chi connectivity index (χ4n) is 0.953. The third-order valence-corrected chi connectivity index (χ3v) is 1.93. The van der Waals surface area contributed by atoms with Gasteiger partial charge >= 0.3 is 0 Å². The molecule has 0 aliphatic heterocycles. The van der Waals surface area contributed by atoms with Crippen LogP contribution in [0.2, 0.25) is 5.02 Å². The number of benzene rings is 1. The molecule has 6 heteroatoms. The number of nitro groups is 1. The van der Waals surface area contributed by atoms with Gasteiger partial charge < -0.3 is 10.5 Å². The van der Waals surface area contributed by atoms with Gasteiger partial charge in [0.15, 0.2) is 0 Å². The molecule has 1 aromatic rings. The third-order valence-electron chi connectivity index (χ3n) is 1.63. The van der Waals surface area contributed by atoms with Crippen LogP contribution in [0.15, 0.2) is 18.2 Å². The number of hydrogen-bond acceptors (Lipinski definition) is 4. The summed E-state index contributed by atoms with van der Waals surface area (Å²) in [6.45, 7) is 2.14. The van der Waals surface area contributed by atoms with Crippen LogP contribution in [0.1, 0.15) is 6.92 Å². The predicted octanol–water partition coefficient (Wildman–Crippen LogP) is 1.97. The van der Waals surface area contributed by atoms with Gasteiger partial charge in [0.2, 0.25) is 0 Å². The van der Waals surface area contributed by atoms with Crippen LogP contribution in [0.4, 0.5) is 5.69 Å². The van der Waals surface area contributed by atoms with Gasteiger partial charge in [-0.2, -0.15) is 0 Å². The highest BCUT2D eigenvalue weighted by molar-refractivity contribution is 6.32. The first-order chi connectivity index (χ1) is 7.00. The number of nitro benzene ring substituents is 1. The summed E-state index contributed by atoms with van der Waals surface area (Å²) in [6, 6.07) is 4.10. The number of halogens is 1. The van der Waals surface area contributed by atoms with Crippen LogP contribution in [0.25, 0.3) is 0 Å². The Balaban J connectivity index is 2.78. The van der Waals surface area contributed by atoms with Gasteiger partial charge in [0.05, 0.1) is 4.92 Å². The van der Waals surface area contributed by atoms with Crippen molar-refractivity contribution in [1.82, 2.24) is 0 Å². The molecule has 5 nitrogen and oxygen atoms in total. The number of rotatable bonds is 4. The topological polar surface area (TPSA) is 78.4 Å². The van der Waals surface area contributed by atoms with Crippen molar-refractivity contribution in [3.63, 3.8) is 0 Å². The van der Waals surface area contributed by atoms with E-state index in [1.165, 1.54) is 18.2 Å². The van der Waals surface area contributed by atoms with E-state index >= 15 is 0 Å². The SMILES string of the molecule is CC(N)COc1ccc([N+](=O)[O-])c(Cl)c1. The molecule has 0 aliphatic carbocycles. The molecular formula is C9H11ClN2O3. The number of nitrogens with zero attached hydrogens (tertiary/aromatic N) is 1. The fraction of sp³-hybridized carbons (Fsp3) is 0.333. The zero-order valence-electron chi connectivity index (χ0n) is 8.14. The van der Waals surface area contributed by atoms with Crippen LogP contribution >= 0.6 is 11.6 Å². The Labute approximate surface area is 91.9 Å². The van der Waals surface area contributed by atoms with Crippen LogP contribution in [-0.4, -0.2) is 17.6 Å². The van der Waals surface area contributed by atoms with Crippen LogP contribution in [0.5, 0.6) is 5.75 Å². The van der Waals surface area contributed by atoms with Crippen molar-refractivity contribution in [2.24, 2.45) is 5.73 Å². The summed E-state index contributed by atoms with van der Waals surface area (Å²) >= 11 is 5.69. The summed E-state index contributed by atoms with van der Waals surface area (Å²) in [5, 5.41) is 10.5. The predicted molar refractivity (Wildman–Crippen MR) is 57.3 cm³/mol. The largest absolute Gasteiger partial charge is 0.492 e. The Morgan fingerprint density at radius 3 is 2.80 bits per heavy atom. The lowest BCUT2D eigenvalue weighted by atomic mass is 10.3. The summed E-state index contributed by atoms with van der Waals surface area (Å²) in [6.07, 6.45) is 0. The van der Waals surface area contributed by atoms with E-state index in [1.54, 1.807) is 6.92 Å². The summed E-state index contributed by atoms with van der Waals surface area (Å²) in [7, 11) is 0. The lowest BCUT2D eigenvalue weighted by molar-refractivity contribution is -0.384. The van der Waals surface area contributed by atoms with Gasteiger partial charge in [-0.05, 0) is 13.0 Å². The number of hydrogen-bond donors (Lipinski definition) is 1. The average molecular weight is 231 g/mol. The van der Waals surface area contributed by atoms with E-state index in [4.69, 9.17) is 22.1 Å². The maximum Gasteiger partial charge on any atom is 0.288 e. The normalized spacial score (nSPS) is 12.2. The van der Waals surface area contributed by atoms with E-state index in [9.17, 15) is 10.1 Å². The van der Waals surface area contributed by atoms with Gasteiger partial charge in [0.1, 0.15) is 17.4 Å². The molecule has 1 atom stereocenters. The minimum absolute atomic E-state index is 0.0576. The Bertz CT molecular complexity index is 368. The maximum absolute atomic E-state index is 10.5. The summed E-state index contributed by atoms with van der Waals surface area (Å²) in [5.74, 6) is 0.475. The standard InChI is InChI=1S/C9H11ClN2O3/c1-6(11)5-15-7-2-3-9(12(13)14)8(10)4-7/h2-4,6H,5,11H2,1H3. The zero-order valence-corrected chi connectivity index (χ0v) is 8.90. The monoisotopic (exact) mass is 230 g/mol. The molecule has 0 fully saturated rings. The van der Waals surface area contributed by atoms with Gasteiger partial charge in [-0.15, -0.1) is 0 Å². The summed E-state index contributed by atoms with van der Waals surface area (Å²) in [4.78, 5) is 9.92. The van der Waals surface area contributed by atoms with E-state index < -0.39 is 4.92 Å². The number of nitrogens with two attached hydrogens (primary N) is 1. The minimum Gasteiger partial charge on any atom is -0.492 e. The van der Waals surface area contributed by atoms with Crippen molar-refractivity contribution >= 4 is 17.3 Å². The highest BCUT2D eigenvalue weighted by atomic mass is 35.5. The molecule has 1 aromatic carbocycles. The highest BCUT2D eigenvalue weighted by Crippen LogP contribution is 2.28. The molecule has 1 rings (SSSR count).